The van der Waals surface area contributed by atoms with Crippen LogP contribution in [0.3, 0.4) is 0 Å². The van der Waals surface area contributed by atoms with E-state index >= 15 is 0 Å². The predicted octanol–water partition coefficient (Wildman–Crippen LogP) is 1.97. The Morgan fingerprint density at radius 1 is 1.46 bits per heavy atom. The molecule has 1 aromatic heterocycles. The van der Waals surface area contributed by atoms with Crippen molar-refractivity contribution in [3.8, 4) is 0 Å². The molecule has 0 fully saturated rings. The van der Waals surface area contributed by atoms with E-state index in [0.717, 1.165) is 0 Å². The van der Waals surface area contributed by atoms with E-state index in [0.29, 0.717) is 5.69 Å². The van der Waals surface area contributed by atoms with Gasteiger partial charge in [0.2, 0.25) is 0 Å². The van der Waals surface area contributed by atoms with Crippen LogP contribution < -0.4 is 4.90 Å². The van der Waals surface area contributed by atoms with Crippen molar-refractivity contribution >= 4 is 11.8 Å². The van der Waals surface area contributed by atoms with Crippen LogP contribution in [0.5, 0.6) is 0 Å². The highest BCUT2D eigenvalue weighted by molar-refractivity contribution is 5.86. The zero-order valence-corrected chi connectivity index (χ0v) is 7.64. The van der Waals surface area contributed by atoms with E-state index in [1.54, 1.807) is 24.5 Å². The van der Waals surface area contributed by atoms with Crippen molar-refractivity contribution in [2.45, 2.75) is 19.9 Å². The molecule has 0 aliphatic carbocycles. The molecular weight excluding hydrogens is 168 g/mol. The molecule has 1 aromatic rings. The topological polar surface area (TPSA) is 53.4 Å². The summed E-state index contributed by atoms with van der Waals surface area (Å²) in [5.74, 6) is 0. The van der Waals surface area contributed by atoms with Crippen LogP contribution in [-0.4, -0.2) is 22.2 Å². The Labute approximate surface area is 76.8 Å². The molecule has 0 saturated heterocycles. The van der Waals surface area contributed by atoms with Crippen molar-refractivity contribution in [1.29, 1.82) is 0 Å². The van der Waals surface area contributed by atoms with Gasteiger partial charge in [0.25, 0.3) is 0 Å². The van der Waals surface area contributed by atoms with Gasteiger partial charge in [-0.1, -0.05) is 0 Å². The lowest BCUT2D eigenvalue weighted by atomic mass is 10.3. The summed E-state index contributed by atoms with van der Waals surface area (Å²) in [6.45, 7) is 3.66. The monoisotopic (exact) mass is 180 g/mol. The van der Waals surface area contributed by atoms with Crippen molar-refractivity contribution in [3.05, 3.63) is 24.5 Å². The molecule has 0 radical (unpaired) electrons. The zero-order chi connectivity index (χ0) is 9.84. The van der Waals surface area contributed by atoms with Crippen molar-refractivity contribution in [2.24, 2.45) is 0 Å². The van der Waals surface area contributed by atoms with E-state index in [-0.39, 0.29) is 6.04 Å². The first-order chi connectivity index (χ1) is 6.13. The molecule has 70 valence electrons. The Balaban J connectivity index is 2.96. The van der Waals surface area contributed by atoms with Gasteiger partial charge in [-0.2, -0.15) is 0 Å². The summed E-state index contributed by atoms with van der Waals surface area (Å²) in [6.07, 6.45) is 2.21. The number of pyridine rings is 1. The Bertz CT molecular complexity index is 285. The second-order valence-electron chi connectivity index (χ2n) is 2.95. The minimum Gasteiger partial charge on any atom is -0.465 e. The maximum absolute atomic E-state index is 10.8. The van der Waals surface area contributed by atoms with Crippen LogP contribution in [0.25, 0.3) is 0 Å². The number of rotatable bonds is 2. The van der Waals surface area contributed by atoms with Crippen LogP contribution in [0.15, 0.2) is 24.5 Å². The van der Waals surface area contributed by atoms with Gasteiger partial charge >= 0.3 is 6.09 Å². The van der Waals surface area contributed by atoms with Crippen LogP contribution in [-0.2, 0) is 0 Å². The Morgan fingerprint density at radius 2 is 2.00 bits per heavy atom. The minimum absolute atomic E-state index is 0.0695. The van der Waals surface area contributed by atoms with Crippen LogP contribution in [0.2, 0.25) is 0 Å². The molecule has 13 heavy (non-hydrogen) atoms. The average molecular weight is 180 g/mol. The molecule has 0 aliphatic rings. The van der Waals surface area contributed by atoms with Crippen molar-refractivity contribution in [3.63, 3.8) is 0 Å². The van der Waals surface area contributed by atoms with Gasteiger partial charge in [0.15, 0.2) is 0 Å². The highest BCUT2D eigenvalue weighted by Crippen LogP contribution is 2.15. The van der Waals surface area contributed by atoms with E-state index < -0.39 is 6.09 Å². The number of amides is 1. The first-order valence-corrected chi connectivity index (χ1v) is 4.05. The van der Waals surface area contributed by atoms with Crippen LogP contribution in [0.4, 0.5) is 10.5 Å². The molecule has 0 unspecified atom stereocenters. The average Bonchev–Trinajstić information content (AvgIpc) is 2.04. The number of anilines is 1. The van der Waals surface area contributed by atoms with Crippen molar-refractivity contribution in [1.82, 2.24) is 4.98 Å². The molecular formula is C9H12N2O2. The van der Waals surface area contributed by atoms with Gasteiger partial charge in [0, 0.05) is 18.4 Å². The Hall–Kier alpha value is -1.58. The standard InChI is InChI=1S/C9H12N2O2/c1-7(2)11(9(12)13)8-3-5-10-6-4-8/h3-7H,1-2H3,(H,12,13). The summed E-state index contributed by atoms with van der Waals surface area (Å²) in [5, 5.41) is 8.90. The fourth-order valence-corrected chi connectivity index (χ4v) is 1.13. The molecule has 4 nitrogen and oxygen atoms in total. The summed E-state index contributed by atoms with van der Waals surface area (Å²) >= 11 is 0. The molecule has 0 bridgehead atoms. The lowest BCUT2D eigenvalue weighted by Crippen LogP contribution is -2.35. The highest BCUT2D eigenvalue weighted by Gasteiger charge is 2.16. The number of carbonyl (C=O) groups is 1. The second-order valence-corrected chi connectivity index (χ2v) is 2.95. The highest BCUT2D eigenvalue weighted by atomic mass is 16.4. The third-order valence-corrected chi connectivity index (χ3v) is 1.66. The Morgan fingerprint density at radius 3 is 2.38 bits per heavy atom. The molecule has 1 N–H and O–H groups in total. The summed E-state index contributed by atoms with van der Waals surface area (Å²) < 4.78 is 0. The fraction of sp³-hybridized carbons (Fsp3) is 0.333. The van der Waals surface area contributed by atoms with Gasteiger partial charge in [-0.25, -0.2) is 4.79 Å². The normalized spacial score (nSPS) is 10.1. The molecule has 0 atom stereocenters. The molecule has 0 saturated carbocycles. The van der Waals surface area contributed by atoms with Crippen LogP contribution in [0.1, 0.15) is 13.8 Å². The molecule has 1 heterocycles. The van der Waals surface area contributed by atoms with Gasteiger partial charge in [-0.15, -0.1) is 0 Å². The van der Waals surface area contributed by atoms with E-state index in [2.05, 4.69) is 4.98 Å². The maximum Gasteiger partial charge on any atom is 0.412 e. The van der Waals surface area contributed by atoms with E-state index in [4.69, 9.17) is 5.11 Å². The lowest BCUT2D eigenvalue weighted by molar-refractivity contribution is 0.200. The third-order valence-electron chi connectivity index (χ3n) is 1.66. The largest absolute Gasteiger partial charge is 0.465 e. The van der Waals surface area contributed by atoms with Gasteiger partial charge in [-0.05, 0) is 26.0 Å². The molecule has 0 spiro atoms. The minimum atomic E-state index is -0.943. The molecule has 1 rings (SSSR count). The van der Waals surface area contributed by atoms with Crippen molar-refractivity contribution in [2.75, 3.05) is 4.90 Å². The van der Waals surface area contributed by atoms with Crippen LogP contribution >= 0.6 is 0 Å². The van der Waals surface area contributed by atoms with E-state index in [9.17, 15) is 4.79 Å². The zero-order valence-electron chi connectivity index (χ0n) is 7.64. The van der Waals surface area contributed by atoms with Crippen LogP contribution in [0, 0.1) is 0 Å². The summed E-state index contributed by atoms with van der Waals surface area (Å²) in [6, 6.07) is 3.28. The van der Waals surface area contributed by atoms with E-state index in [1.165, 1.54) is 4.90 Å². The first-order valence-electron chi connectivity index (χ1n) is 4.05. The SMILES string of the molecule is CC(C)N(C(=O)O)c1ccncc1. The van der Waals surface area contributed by atoms with Gasteiger partial charge in [-0.3, -0.25) is 9.88 Å². The number of hydrogen-bond donors (Lipinski definition) is 1. The Kier molecular flexibility index (Phi) is 2.84. The number of nitrogens with zero attached hydrogens (tertiary/aromatic N) is 2. The number of hydrogen-bond acceptors (Lipinski definition) is 2. The third kappa shape index (κ3) is 2.18. The van der Waals surface area contributed by atoms with Crippen molar-refractivity contribution < 1.29 is 9.90 Å². The predicted molar refractivity (Wildman–Crippen MR) is 49.9 cm³/mol. The quantitative estimate of drug-likeness (QED) is 0.757. The molecule has 0 aromatic carbocycles. The van der Waals surface area contributed by atoms with Gasteiger partial charge < -0.3 is 5.11 Å². The van der Waals surface area contributed by atoms with Gasteiger partial charge in [0.05, 0.1) is 5.69 Å². The number of aromatic nitrogens is 1. The summed E-state index contributed by atoms with van der Waals surface area (Å²) in [5.41, 5.74) is 0.650. The summed E-state index contributed by atoms with van der Waals surface area (Å²) in [7, 11) is 0. The fourth-order valence-electron chi connectivity index (χ4n) is 1.13. The maximum atomic E-state index is 10.8. The smallest absolute Gasteiger partial charge is 0.412 e. The van der Waals surface area contributed by atoms with Gasteiger partial charge in [0.1, 0.15) is 0 Å². The second kappa shape index (κ2) is 3.89. The molecule has 4 heteroatoms. The lowest BCUT2D eigenvalue weighted by Gasteiger charge is -2.22. The summed E-state index contributed by atoms with van der Waals surface area (Å²) in [4.78, 5) is 16.0. The molecule has 1 amide bonds. The number of carboxylic acid groups (broad SMARTS) is 1. The molecule has 0 aliphatic heterocycles. The van der Waals surface area contributed by atoms with E-state index in [1.807, 2.05) is 13.8 Å². The first kappa shape index (κ1) is 9.51.